The van der Waals surface area contributed by atoms with Crippen molar-refractivity contribution in [2.24, 2.45) is 0 Å². The van der Waals surface area contributed by atoms with E-state index in [1.54, 1.807) is 6.20 Å². The van der Waals surface area contributed by atoms with Crippen molar-refractivity contribution < 1.29 is 4.74 Å². The van der Waals surface area contributed by atoms with Gasteiger partial charge in [0.25, 0.3) is 0 Å². The van der Waals surface area contributed by atoms with E-state index in [4.69, 9.17) is 16.3 Å². The average Bonchev–Trinajstić information content (AvgIpc) is 2.25. The molecule has 1 aliphatic rings. The smallest absolute Gasteiger partial charge is 0.232 e. The second kappa shape index (κ2) is 5.12. The van der Waals surface area contributed by atoms with Crippen LogP contribution in [0.25, 0.3) is 0 Å². The van der Waals surface area contributed by atoms with E-state index in [9.17, 15) is 0 Å². The molecule has 1 aliphatic carbocycles. The molecule has 0 aliphatic heterocycles. The van der Waals surface area contributed by atoms with Gasteiger partial charge in [0.1, 0.15) is 6.10 Å². The Morgan fingerprint density at radius 3 is 2.80 bits per heavy atom. The summed E-state index contributed by atoms with van der Waals surface area (Å²) in [6.45, 7) is 0. The largest absolute Gasteiger partial charge is 0.473 e. The number of ether oxygens (including phenoxy) is 1. The maximum Gasteiger partial charge on any atom is 0.232 e. The van der Waals surface area contributed by atoms with Crippen LogP contribution in [0.1, 0.15) is 32.1 Å². The molecule has 5 heteroatoms. The van der Waals surface area contributed by atoms with Gasteiger partial charge in [-0.15, -0.1) is 0 Å². The van der Waals surface area contributed by atoms with Crippen molar-refractivity contribution >= 4 is 27.5 Å². The van der Waals surface area contributed by atoms with Crippen LogP contribution in [0.4, 0.5) is 0 Å². The first-order valence-electron chi connectivity index (χ1n) is 5.10. The molecule has 1 aromatic rings. The van der Waals surface area contributed by atoms with Gasteiger partial charge < -0.3 is 4.74 Å². The zero-order valence-electron chi connectivity index (χ0n) is 8.25. The normalized spacial score (nSPS) is 17.7. The summed E-state index contributed by atoms with van der Waals surface area (Å²) in [4.78, 5) is 7.91. The zero-order chi connectivity index (χ0) is 10.7. The van der Waals surface area contributed by atoms with E-state index in [0.29, 0.717) is 5.88 Å². The molecule has 0 N–H and O–H groups in total. The minimum absolute atomic E-state index is 0.226. The lowest BCUT2D eigenvalue weighted by atomic mass is 9.98. The van der Waals surface area contributed by atoms with Gasteiger partial charge in [-0.3, -0.25) is 0 Å². The molecule has 0 amide bonds. The molecule has 1 fully saturated rings. The molecule has 15 heavy (non-hydrogen) atoms. The Morgan fingerprint density at radius 2 is 2.07 bits per heavy atom. The number of hydrogen-bond donors (Lipinski definition) is 0. The van der Waals surface area contributed by atoms with Crippen LogP contribution in [0.2, 0.25) is 5.28 Å². The SMILES string of the molecule is Clc1ncc(Br)c(OC2CCCCC2)n1. The van der Waals surface area contributed by atoms with Crippen molar-refractivity contribution in [2.75, 3.05) is 0 Å². The van der Waals surface area contributed by atoms with E-state index in [-0.39, 0.29) is 11.4 Å². The van der Waals surface area contributed by atoms with Crippen molar-refractivity contribution in [1.82, 2.24) is 9.97 Å². The summed E-state index contributed by atoms with van der Waals surface area (Å²) in [7, 11) is 0. The van der Waals surface area contributed by atoms with Crippen LogP contribution in [-0.4, -0.2) is 16.1 Å². The molecule has 0 unspecified atom stereocenters. The van der Waals surface area contributed by atoms with E-state index >= 15 is 0 Å². The third-order valence-corrected chi connectivity index (χ3v) is 3.24. The van der Waals surface area contributed by atoms with Gasteiger partial charge >= 0.3 is 0 Å². The summed E-state index contributed by atoms with van der Waals surface area (Å²) in [6.07, 6.45) is 7.89. The van der Waals surface area contributed by atoms with Crippen molar-refractivity contribution in [1.29, 1.82) is 0 Å². The average molecular weight is 292 g/mol. The van der Waals surface area contributed by atoms with Crippen LogP contribution in [-0.2, 0) is 0 Å². The highest BCUT2D eigenvalue weighted by Crippen LogP contribution is 2.27. The highest BCUT2D eigenvalue weighted by Gasteiger charge is 2.17. The van der Waals surface area contributed by atoms with E-state index in [1.165, 1.54) is 19.3 Å². The van der Waals surface area contributed by atoms with Crippen molar-refractivity contribution in [3.8, 4) is 5.88 Å². The van der Waals surface area contributed by atoms with Gasteiger partial charge in [-0.2, -0.15) is 4.98 Å². The fourth-order valence-electron chi connectivity index (χ4n) is 1.75. The third-order valence-electron chi connectivity index (χ3n) is 2.51. The Kier molecular flexibility index (Phi) is 3.81. The summed E-state index contributed by atoms with van der Waals surface area (Å²) in [5.74, 6) is 0.557. The van der Waals surface area contributed by atoms with E-state index < -0.39 is 0 Å². The van der Waals surface area contributed by atoms with Gasteiger partial charge in [-0.05, 0) is 53.2 Å². The quantitative estimate of drug-likeness (QED) is 0.781. The lowest BCUT2D eigenvalue weighted by Gasteiger charge is -2.22. The summed E-state index contributed by atoms with van der Waals surface area (Å²) >= 11 is 9.06. The first kappa shape index (κ1) is 11.1. The second-order valence-corrected chi connectivity index (χ2v) is 4.86. The standard InChI is InChI=1S/C10H12BrClN2O/c11-8-6-13-10(12)14-9(8)15-7-4-2-1-3-5-7/h6-7H,1-5H2. The van der Waals surface area contributed by atoms with Gasteiger partial charge in [-0.1, -0.05) is 6.42 Å². The zero-order valence-corrected chi connectivity index (χ0v) is 10.6. The highest BCUT2D eigenvalue weighted by molar-refractivity contribution is 9.10. The van der Waals surface area contributed by atoms with Gasteiger partial charge in [0.15, 0.2) is 0 Å². The maximum absolute atomic E-state index is 5.78. The van der Waals surface area contributed by atoms with Crippen LogP contribution in [0.3, 0.4) is 0 Å². The predicted octanol–water partition coefficient (Wildman–Crippen LogP) is 3.60. The van der Waals surface area contributed by atoms with Crippen LogP contribution in [0, 0.1) is 0 Å². The summed E-state index contributed by atoms with van der Waals surface area (Å²) in [6, 6.07) is 0. The van der Waals surface area contributed by atoms with Crippen LogP contribution >= 0.6 is 27.5 Å². The van der Waals surface area contributed by atoms with Gasteiger partial charge in [0.2, 0.25) is 11.2 Å². The molecule has 0 radical (unpaired) electrons. The monoisotopic (exact) mass is 290 g/mol. The summed E-state index contributed by atoms with van der Waals surface area (Å²) in [5.41, 5.74) is 0. The van der Waals surface area contributed by atoms with Crippen LogP contribution in [0.5, 0.6) is 5.88 Å². The van der Waals surface area contributed by atoms with Crippen LogP contribution < -0.4 is 4.74 Å². The lowest BCUT2D eigenvalue weighted by Crippen LogP contribution is -2.20. The molecule has 1 aromatic heterocycles. The van der Waals surface area contributed by atoms with Gasteiger partial charge in [-0.25, -0.2) is 4.98 Å². The summed E-state index contributed by atoms with van der Waals surface area (Å²) in [5, 5.41) is 0.226. The van der Waals surface area contributed by atoms with E-state index in [0.717, 1.165) is 17.3 Å². The van der Waals surface area contributed by atoms with Crippen molar-refractivity contribution in [2.45, 2.75) is 38.2 Å². The topological polar surface area (TPSA) is 35.0 Å². The Morgan fingerprint density at radius 1 is 1.33 bits per heavy atom. The molecule has 0 atom stereocenters. The molecule has 1 heterocycles. The number of halogens is 2. The molecular formula is C10H12BrClN2O. The van der Waals surface area contributed by atoms with E-state index in [1.807, 2.05) is 0 Å². The first-order chi connectivity index (χ1) is 7.25. The third kappa shape index (κ3) is 3.05. The minimum Gasteiger partial charge on any atom is -0.473 e. The maximum atomic E-state index is 5.78. The number of nitrogens with zero attached hydrogens (tertiary/aromatic N) is 2. The Balaban J connectivity index is 2.05. The van der Waals surface area contributed by atoms with Crippen LogP contribution in [0.15, 0.2) is 10.7 Å². The molecule has 82 valence electrons. The molecule has 0 aromatic carbocycles. The predicted molar refractivity (Wildman–Crippen MR) is 62.2 cm³/mol. The molecule has 1 saturated carbocycles. The molecule has 2 rings (SSSR count). The molecule has 0 spiro atoms. The number of rotatable bonds is 2. The Labute approximate surface area is 102 Å². The second-order valence-electron chi connectivity index (χ2n) is 3.67. The molecule has 3 nitrogen and oxygen atoms in total. The number of hydrogen-bond acceptors (Lipinski definition) is 3. The van der Waals surface area contributed by atoms with E-state index in [2.05, 4.69) is 25.9 Å². The van der Waals surface area contributed by atoms with Gasteiger partial charge in [0.05, 0.1) is 4.47 Å². The van der Waals surface area contributed by atoms with Gasteiger partial charge in [0, 0.05) is 6.20 Å². The Bertz CT molecular complexity index is 342. The summed E-state index contributed by atoms with van der Waals surface area (Å²) < 4.78 is 6.55. The molecular weight excluding hydrogens is 279 g/mol. The first-order valence-corrected chi connectivity index (χ1v) is 6.27. The van der Waals surface area contributed by atoms with Crippen molar-refractivity contribution in [3.05, 3.63) is 16.0 Å². The fourth-order valence-corrected chi connectivity index (χ4v) is 2.16. The fraction of sp³-hybridized carbons (Fsp3) is 0.600. The Hall–Kier alpha value is -0.350. The molecule has 0 bridgehead atoms. The van der Waals surface area contributed by atoms with Crippen molar-refractivity contribution in [3.63, 3.8) is 0 Å². The minimum atomic E-state index is 0.226. The lowest BCUT2D eigenvalue weighted by molar-refractivity contribution is 0.147. The number of aromatic nitrogens is 2. The highest BCUT2D eigenvalue weighted by atomic mass is 79.9. The molecule has 0 saturated heterocycles.